The van der Waals surface area contributed by atoms with Crippen molar-refractivity contribution in [1.29, 1.82) is 0 Å². The third kappa shape index (κ3) is 3.69. The number of amides is 1. The Bertz CT molecular complexity index is 505. The van der Waals surface area contributed by atoms with Gasteiger partial charge in [0.25, 0.3) is 0 Å². The molecule has 1 N–H and O–H groups in total. The van der Waals surface area contributed by atoms with Gasteiger partial charge in [-0.25, -0.2) is 14.6 Å². The summed E-state index contributed by atoms with van der Waals surface area (Å²) in [6.07, 6.45) is 1.95. The smallest absolute Gasteiger partial charge is 0.415 e. The van der Waals surface area contributed by atoms with Crippen LogP contribution < -0.4 is 4.90 Å². The molecule has 0 spiro atoms. The zero-order chi connectivity index (χ0) is 14.4. The van der Waals surface area contributed by atoms with Gasteiger partial charge in [0.15, 0.2) is 5.82 Å². The van der Waals surface area contributed by atoms with E-state index in [1.165, 1.54) is 17.0 Å². The third-order valence-corrected chi connectivity index (χ3v) is 2.46. The van der Waals surface area contributed by atoms with Gasteiger partial charge in [0.1, 0.15) is 6.61 Å². The van der Waals surface area contributed by atoms with Gasteiger partial charge in [-0.1, -0.05) is 24.3 Å². The Balaban J connectivity index is 3.01. The number of rotatable bonds is 5. The van der Waals surface area contributed by atoms with Crippen LogP contribution in [0.5, 0.6) is 0 Å². The molecule has 0 saturated heterocycles. The van der Waals surface area contributed by atoms with Crippen molar-refractivity contribution >= 4 is 29.5 Å². The van der Waals surface area contributed by atoms with Crippen LogP contribution in [0, 0.1) is 0 Å². The van der Waals surface area contributed by atoms with Gasteiger partial charge in [0, 0.05) is 12.7 Å². The Hall–Kier alpha value is -2.08. The van der Waals surface area contributed by atoms with Crippen molar-refractivity contribution < 1.29 is 19.4 Å². The van der Waals surface area contributed by atoms with Gasteiger partial charge in [0.2, 0.25) is 0 Å². The molecule has 1 heterocycles. The topological polar surface area (TPSA) is 79.7 Å². The van der Waals surface area contributed by atoms with E-state index in [1.807, 2.05) is 0 Å². The maximum Gasteiger partial charge on any atom is 0.415 e. The van der Waals surface area contributed by atoms with Gasteiger partial charge < -0.3 is 9.84 Å². The second-order valence-corrected chi connectivity index (χ2v) is 3.85. The second kappa shape index (κ2) is 6.75. The molecule has 0 aromatic carbocycles. The number of hydrogen-bond donors (Lipinski definition) is 1. The van der Waals surface area contributed by atoms with Crippen LogP contribution in [0.3, 0.4) is 0 Å². The summed E-state index contributed by atoms with van der Waals surface area (Å²) in [4.78, 5) is 27.6. The molecule has 1 aromatic rings. The molecule has 0 aliphatic rings. The molecule has 1 amide bonds. The number of ether oxygens (including phenoxy) is 1. The largest absolute Gasteiger partial charge is 0.478 e. The standard InChI is InChI=1S/C12H13ClN2O4/c1-3-5-19-12(18)15(4-2)10-9(13)6-8(7-14-10)11(16)17/h3,6-7H,1,4-5H2,2H3,(H,16,17). The van der Waals surface area contributed by atoms with Crippen LogP contribution in [0.2, 0.25) is 5.02 Å². The van der Waals surface area contributed by atoms with Gasteiger partial charge in [-0.2, -0.15) is 0 Å². The summed E-state index contributed by atoms with van der Waals surface area (Å²) in [5, 5.41) is 8.87. The van der Waals surface area contributed by atoms with Crippen LogP contribution in [0.4, 0.5) is 10.6 Å². The number of carboxylic acid groups (broad SMARTS) is 1. The molecule has 0 aliphatic carbocycles. The second-order valence-electron chi connectivity index (χ2n) is 3.44. The normalized spacial score (nSPS) is 9.79. The van der Waals surface area contributed by atoms with Crippen LogP contribution in [-0.2, 0) is 4.74 Å². The minimum atomic E-state index is -1.14. The number of carbonyl (C=O) groups is 2. The summed E-state index contributed by atoms with van der Waals surface area (Å²) in [7, 11) is 0. The van der Waals surface area contributed by atoms with Crippen LogP contribution in [0.15, 0.2) is 24.9 Å². The Kier molecular flexibility index (Phi) is 5.32. The number of aromatic nitrogens is 1. The molecule has 0 atom stereocenters. The zero-order valence-corrected chi connectivity index (χ0v) is 11.1. The predicted octanol–water partition coefficient (Wildman–Crippen LogP) is 2.58. The Morgan fingerprint density at radius 3 is 2.79 bits per heavy atom. The summed E-state index contributed by atoms with van der Waals surface area (Å²) in [6.45, 7) is 5.51. The summed E-state index contributed by atoms with van der Waals surface area (Å²) in [6, 6.07) is 1.23. The van der Waals surface area contributed by atoms with Crippen molar-refractivity contribution in [2.45, 2.75) is 6.92 Å². The van der Waals surface area contributed by atoms with Crippen molar-refractivity contribution in [3.05, 3.63) is 35.5 Å². The lowest BCUT2D eigenvalue weighted by Crippen LogP contribution is -2.32. The highest BCUT2D eigenvalue weighted by Gasteiger charge is 2.20. The molecule has 0 saturated carbocycles. The first-order valence-corrected chi connectivity index (χ1v) is 5.83. The lowest BCUT2D eigenvalue weighted by molar-refractivity contribution is 0.0696. The van der Waals surface area contributed by atoms with Crippen molar-refractivity contribution in [2.75, 3.05) is 18.1 Å². The van der Waals surface area contributed by atoms with E-state index >= 15 is 0 Å². The third-order valence-electron chi connectivity index (χ3n) is 2.19. The number of anilines is 1. The number of carboxylic acids is 1. The molecule has 0 bridgehead atoms. The molecule has 102 valence electrons. The zero-order valence-electron chi connectivity index (χ0n) is 10.3. The molecular weight excluding hydrogens is 272 g/mol. The molecule has 6 nitrogen and oxygen atoms in total. The first-order chi connectivity index (χ1) is 9.01. The van der Waals surface area contributed by atoms with E-state index < -0.39 is 12.1 Å². The van der Waals surface area contributed by atoms with E-state index in [0.717, 1.165) is 6.20 Å². The van der Waals surface area contributed by atoms with Gasteiger partial charge >= 0.3 is 12.1 Å². The molecular formula is C12H13ClN2O4. The summed E-state index contributed by atoms with van der Waals surface area (Å²) >= 11 is 5.93. The first-order valence-electron chi connectivity index (χ1n) is 5.45. The molecule has 19 heavy (non-hydrogen) atoms. The van der Waals surface area contributed by atoms with Crippen molar-refractivity contribution in [3.63, 3.8) is 0 Å². The fourth-order valence-corrected chi connectivity index (χ4v) is 1.59. The Morgan fingerprint density at radius 1 is 1.63 bits per heavy atom. The molecule has 0 unspecified atom stereocenters. The van der Waals surface area contributed by atoms with E-state index in [4.69, 9.17) is 21.4 Å². The fraction of sp³-hybridized carbons (Fsp3) is 0.250. The monoisotopic (exact) mass is 284 g/mol. The maximum atomic E-state index is 11.7. The number of carbonyl (C=O) groups excluding carboxylic acids is 1. The van der Waals surface area contributed by atoms with Crippen molar-refractivity contribution in [2.24, 2.45) is 0 Å². The van der Waals surface area contributed by atoms with Gasteiger partial charge in [0.05, 0.1) is 10.6 Å². The number of pyridine rings is 1. The average Bonchev–Trinajstić information content (AvgIpc) is 2.38. The molecule has 0 fully saturated rings. The molecule has 7 heteroatoms. The SMILES string of the molecule is C=CCOC(=O)N(CC)c1ncc(C(=O)O)cc1Cl. The predicted molar refractivity (Wildman–Crippen MR) is 70.8 cm³/mol. The van der Waals surface area contributed by atoms with E-state index in [1.54, 1.807) is 6.92 Å². The summed E-state index contributed by atoms with van der Waals surface area (Å²) in [5.41, 5.74) is -0.0516. The number of hydrogen-bond acceptors (Lipinski definition) is 4. The highest BCUT2D eigenvalue weighted by Crippen LogP contribution is 2.24. The van der Waals surface area contributed by atoms with Crippen LogP contribution in [-0.4, -0.2) is 35.3 Å². The van der Waals surface area contributed by atoms with Gasteiger partial charge in [-0.3, -0.25) is 4.90 Å². The van der Waals surface area contributed by atoms with Gasteiger partial charge in [-0.15, -0.1) is 0 Å². The fourth-order valence-electron chi connectivity index (χ4n) is 1.32. The molecule has 0 radical (unpaired) electrons. The van der Waals surface area contributed by atoms with Gasteiger partial charge in [-0.05, 0) is 13.0 Å². The van der Waals surface area contributed by atoms with Crippen LogP contribution in [0.1, 0.15) is 17.3 Å². The van der Waals surface area contributed by atoms with E-state index in [0.29, 0.717) is 0 Å². The summed E-state index contributed by atoms with van der Waals surface area (Å²) < 4.78 is 4.89. The highest BCUT2D eigenvalue weighted by molar-refractivity contribution is 6.33. The number of halogens is 1. The van der Waals surface area contributed by atoms with E-state index in [-0.39, 0.29) is 29.6 Å². The first kappa shape index (κ1) is 15.0. The lowest BCUT2D eigenvalue weighted by atomic mass is 10.3. The average molecular weight is 285 g/mol. The van der Waals surface area contributed by atoms with E-state index in [9.17, 15) is 9.59 Å². The quantitative estimate of drug-likeness (QED) is 0.841. The van der Waals surface area contributed by atoms with E-state index in [2.05, 4.69) is 11.6 Å². The Morgan fingerprint density at radius 2 is 2.32 bits per heavy atom. The van der Waals surface area contributed by atoms with Crippen LogP contribution in [0.25, 0.3) is 0 Å². The molecule has 1 rings (SSSR count). The van der Waals surface area contributed by atoms with Crippen molar-refractivity contribution in [3.8, 4) is 0 Å². The minimum absolute atomic E-state index is 0.0516. The molecule has 0 aliphatic heterocycles. The van der Waals surface area contributed by atoms with Crippen LogP contribution >= 0.6 is 11.6 Å². The number of aromatic carboxylic acids is 1. The highest BCUT2D eigenvalue weighted by atomic mass is 35.5. The summed E-state index contributed by atoms with van der Waals surface area (Å²) in [5.74, 6) is -0.985. The Labute approximate surface area is 115 Å². The van der Waals surface area contributed by atoms with Crippen molar-refractivity contribution in [1.82, 2.24) is 4.98 Å². The molecule has 1 aromatic heterocycles. The lowest BCUT2D eigenvalue weighted by Gasteiger charge is -2.20. The maximum absolute atomic E-state index is 11.7. The number of nitrogens with zero attached hydrogens (tertiary/aromatic N) is 2. The minimum Gasteiger partial charge on any atom is -0.478 e.